The molecule has 0 aromatic carbocycles. The Labute approximate surface area is 119 Å². The number of hydrogen-bond acceptors (Lipinski definition) is 6. The summed E-state index contributed by atoms with van der Waals surface area (Å²) in [5, 5.41) is 18.3. The van der Waals surface area contributed by atoms with Gasteiger partial charge in [0.1, 0.15) is 10.7 Å². The molecule has 0 spiro atoms. The molecule has 1 aliphatic heterocycles. The average Bonchev–Trinajstić information content (AvgIpc) is 2.84. The highest BCUT2D eigenvalue weighted by atomic mass is 32.1. The third kappa shape index (κ3) is 4.12. The second kappa shape index (κ2) is 7.17. The Hall–Kier alpha value is -0.720. The summed E-state index contributed by atoms with van der Waals surface area (Å²) in [5.41, 5.74) is 1.06. The van der Waals surface area contributed by atoms with Crippen LogP contribution in [0, 0.1) is 5.92 Å². The minimum atomic E-state index is -0.176. The van der Waals surface area contributed by atoms with Crippen LogP contribution in [-0.4, -0.2) is 45.3 Å². The van der Waals surface area contributed by atoms with E-state index >= 15 is 0 Å². The molecular weight excluding hydrogens is 260 g/mol. The molecule has 1 aliphatic rings. The van der Waals surface area contributed by atoms with Crippen LogP contribution in [0.2, 0.25) is 0 Å². The maximum Gasteiger partial charge on any atom is 0.134 e. The molecule has 0 radical (unpaired) electrons. The van der Waals surface area contributed by atoms with Crippen molar-refractivity contribution in [3.8, 4) is 0 Å². The maximum absolute atomic E-state index is 9.61. The molecule has 6 heteroatoms. The minimum Gasteiger partial charge on any atom is -0.393 e. The first-order valence-electron chi connectivity index (χ1n) is 7.16. The lowest BCUT2D eigenvalue weighted by Gasteiger charge is -2.32. The van der Waals surface area contributed by atoms with Gasteiger partial charge in [0.05, 0.1) is 6.10 Å². The van der Waals surface area contributed by atoms with Gasteiger partial charge in [0, 0.05) is 24.6 Å². The lowest BCUT2D eigenvalue weighted by atomic mass is 9.92. The summed E-state index contributed by atoms with van der Waals surface area (Å²) in [6.07, 6.45) is 3.08. The van der Waals surface area contributed by atoms with Crippen molar-refractivity contribution in [2.75, 3.05) is 25.0 Å². The number of likely N-dealkylation sites (tertiary alicyclic amines) is 1. The average molecular weight is 284 g/mol. The molecule has 2 rings (SSSR count). The summed E-state index contributed by atoms with van der Waals surface area (Å²) in [7, 11) is 0. The minimum absolute atomic E-state index is 0.176. The zero-order valence-corrected chi connectivity index (χ0v) is 12.6. The standard InChI is InChI=1S/C13H24N4OS/c1-3-6-14-13-12(15-16-19-13)9-17-7-4-11(5-8-17)10(2)18/h10-11,14,18H,3-9H2,1-2H3. The first-order valence-corrected chi connectivity index (χ1v) is 7.93. The van der Waals surface area contributed by atoms with E-state index in [1.165, 1.54) is 11.5 Å². The fourth-order valence-electron chi connectivity index (χ4n) is 2.49. The molecule has 1 atom stereocenters. The molecule has 19 heavy (non-hydrogen) atoms. The highest BCUT2D eigenvalue weighted by Gasteiger charge is 2.23. The number of piperidine rings is 1. The maximum atomic E-state index is 9.61. The quantitative estimate of drug-likeness (QED) is 0.836. The van der Waals surface area contributed by atoms with Crippen LogP contribution >= 0.6 is 11.5 Å². The van der Waals surface area contributed by atoms with Gasteiger partial charge in [0.15, 0.2) is 0 Å². The van der Waals surface area contributed by atoms with Crippen LogP contribution in [-0.2, 0) is 6.54 Å². The molecule has 1 unspecified atom stereocenters. The molecule has 0 bridgehead atoms. The van der Waals surface area contributed by atoms with Crippen LogP contribution in [0.1, 0.15) is 38.8 Å². The van der Waals surface area contributed by atoms with Gasteiger partial charge < -0.3 is 10.4 Å². The number of aliphatic hydroxyl groups is 1. The van der Waals surface area contributed by atoms with Crippen LogP contribution in [0.25, 0.3) is 0 Å². The Balaban J connectivity index is 1.83. The molecule has 0 aliphatic carbocycles. The van der Waals surface area contributed by atoms with Gasteiger partial charge in [-0.3, -0.25) is 4.90 Å². The number of hydrogen-bond donors (Lipinski definition) is 2. The SMILES string of the molecule is CCCNc1snnc1CN1CCC(C(C)O)CC1. The Morgan fingerprint density at radius 3 is 2.84 bits per heavy atom. The monoisotopic (exact) mass is 284 g/mol. The second-order valence-electron chi connectivity index (χ2n) is 5.33. The smallest absolute Gasteiger partial charge is 0.134 e. The van der Waals surface area contributed by atoms with E-state index in [1.54, 1.807) is 0 Å². The van der Waals surface area contributed by atoms with Crippen molar-refractivity contribution >= 4 is 16.5 Å². The molecule has 1 fully saturated rings. The zero-order valence-electron chi connectivity index (χ0n) is 11.8. The summed E-state index contributed by atoms with van der Waals surface area (Å²) in [6, 6.07) is 0. The predicted octanol–water partition coefficient (Wildman–Crippen LogP) is 1.95. The number of nitrogens with one attached hydrogen (secondary N) is 1. The third-order valence-electron chi connectivity index (χ3n) is 3.78. The highest BCUT2D eigenvalue weighted by molar-refractivity contribution is 7.10. The van der Waals surface area contributed by atoms with Gasteiger partial charge in [-0.15, -0.1) is 5.10 Å². The van der Waals surface area contributed by atoms with Gasteiger partial charge in [-0.05, 0) is 45.2 Å². The lowest BCUT2D eigenvalue weighted by Crippen LogP contribution is -2.36. The Kier molecular flexibility index (Phi) is 5.54. The van der Waals surface area contributed by atoms with Gasteiger partial charge in [-0.1, -0.05) is 11.4 Å². The van der Waals surface area contributed by atoms with E-state index in [9.17, 15) is 5.11 Å². The normalized spacial score (nSPS) is 19.5. The largest absolute Gasteiger partial charge is 0.393 e. The fourth-order valence-corrected chi connectivity index (χ4v) is 3.09. The summed E-state index contributed by atoms with van der Waals surface area (Å²) in [5.74, 6) is 0.461. The number of aliphatic hydroxyl groups excluding tert-OH is 1. The predicted molar refractivity (Wildman–Crippen MR) is 78.4 cm³/mol. The van der Waals surface area contributed by atoms with E-state index in [2.05, 4.69) is 26.7 Å². The molecule has 1 aromatic heterocycles. The molecule has 0 amide bonds. The van der Waals surface area contributed by atoms with E-state index in [0.29, 0.717) is 5.92 Å². The second-order valence-corrected chi connectivity index (χ2v) is 6.08. The molecule has 1 saturated heterocycles. The Bertz CT molecular complexity index is 374. The Morgan fingerprint density at radius 1 is 1.47 bits per heavy atom. The zero-order chi connectivity index (χ0) is 13.7. The van der Waals surface area contributed by atoms with Gasteiger partial charge in [-0.2, -0.15) is 0 Å². The number of aromatic nitrogens is 2. The van der Waals surface area contributed by atoms with Crippen LogP contribution in [0.15, 0.2) is 0 Å². The summed E-state index contributed by atoms with van der Waals surface area (Å²) < 4.78 is 4.05. The van der Waals surface area contributed by atoms with Crippen molar-refractivity contribution in [2.45, 2.75) is 45.8 Å². The van der Waals surface area contributed by atoms with Crippen molar-refractivity contribution in [2.24, 2.45) is 5.92 Å². The van der Waals surface area contributed by atoms with E-state index < -0.39 is 0 Å². The van der Waals surface area contributed by atoms with Gasteiger partial charge in [0.2, 0.25) is 0 Å². The molecule has 5 nitrogen and oxygen atoms in total. The number of anilines is 1. The van der Waals surface area contributed by atoms with Gasteiger partial charge in [0.25, 0.3) is 0 Å². The summed E-state index contributed by atoms with van der Waals surface area (Å²) in [6.45, 7) is 7.98. The van der Waals surface area contributed by atoms with E-state index in [-0.39, 0.29) is 6.10 Å². The van der Waals surface area contributed by atoms with Crippen molar-refractivity contribution in [3.05, 3.63) is 5.69 Å². The number of nitrogens with zero attached hydrogens (tertiary/aromatic N) is 3. The van der Waals surface area contributed by atoms with Crippen LogP contribution in [0.5, 0.6) is 0 Å². The van der Waals surface area contributed by atoms with Crippen molar-refractivity contribution in [1.82, 2.24) is 14.5 Å². The third-order valence-corrected chi connectivity index (χ3v) is 4.50. The highest BCUT2D eigenvalue weighted by Crippen LogP contribution is 2.24. The van der Waals surface area contributed by atoms with Crippen molar-refractivity contribution in [3.63, 3.8) is 0 Å². The summed E-state index contributed by atoms with van der Waals surface area (Å²) >= 11 is 1.44. The van der Waals surface area contributed by atoms with Crippen LogP contribution < -0.4 is 5.32 Å². The van der Waals surface area contributed by atoms with Crippen molar-refractivity contribution < 1.29 is 5.11 Å². The first kappa shape index (κ1) is 14.7. The van der Waals surface area contributed by atoms with Gasteiger partial charge in [-0.25, -0.2) is 0 Å². The van der Waals surface area contributed by atoms with Crippen LogP contribution in [0.3, 0.4) is 0 Å². The molecule has 2 heterocycles. The number of rotatable bonds is 6. The van der Waals surface area contributed by atoms with Crippen LogP contribution in [0.4, 0.5) is 5.00 Å². The van der Waals surface area contributed by atoms with E-state index in [4.69, 9.17) is 0 Å². The summed E-state index contributed by atoms with van der Waals surface area (Å²) in [4.78, 5) is 2.41. The Morgan fingerprint density at radius 2 is 2.21 bits per heavy atom. The lowest BCUT2D eigenvalue weighted by molar-refractivity contribution is 0.0692. The molecule has 108 valence electrons. The van der Waals surface area contributed by atoms with Gasteiger partial charge >= 0.3 is 0 Å². The van der Waals surface area contributed by atoms with E-state index in [0.717, 1.165) is 56.1 Å². The molecule has 1 aromatic rings. The topological polar surface area (TPSA) is 61.3 Å². The fraction of sp³-hybridized carbons (Fsp3) is 0.846. The first-order chi connectivity index (χ1) is 9.20. The molecule has 0 saturated carbocycles. The van der Waals surface area contributed by atoms with Crippen molar-refractivity contribution in [1.29, 1.82) is 0 Å². The van der Waals surface area contributed by atoms with E-state index in [1.807, 2.05) is 6.92 Å². The molecule has 2 N–H and O–H groups in total. The molecular formula is C13H24N4OS.